The van der Waals surface area contributed by atoms with E-state index in [-0.39, 0.29) is 41.5 Å². The zero-order valence-electron chi connectivity index (χ0n) is 13.6. The Hall–Kier alpha value is -0.140. The molecule has 0 radical (unpaired) electrons. The second-order valence-electron chi connectivity index (χ2n) is 5.56. The molecule has 1 aromatic rings. The Balaban J connectivity index is 0.00000264. The minimum atomic E-state index is -4.22. The summed E-state index contributed by atoms with van der Waals surface area (Å²) < 4.78 is 37.2. The summed E-state index contributed by atoms with van der Waals surface area (Å²) in [7, 11) is 0. The summed E-state index contributed by atoms with van der Waals surface area (Å²) in [5.74, 6) is 0. The van der Waals surface area contributed by atoms with Gasteiger partial charge in [-0.2, -0.15) is 13.2 Å². The smallest absolute Gasteiger partial charge is 0.314 e. The van der Waals surface area contributed by atoms with Crippen molar-refractivity contribution >= 4 is 36.6 Å². The standard InChI is InChI=1S/C16H23F3N2S.2ClH/c1-2-3-4-15(21-11-9-20-10-12-21)13-5-7-14(8-6-13)22-16(17,18)19;;/h5-8,15,20H,2-4,9-12H2,1H3;2*1H/t15-;;/m1../s1. The Morgan fingerprint density at radius 1 is 1.12 bits per heavy atom. The highest BCUT2D eigenvalue weighted by Crippen LogP contribution is 2.37. The molecule has 1 N–H and O–H groups in total. The van der Waals surface area contributed by atoms with Gasteiger partial charge in [-0.1, -0.05) is 31.9 Å². The number of nitrogens with zero attached hydrogens (tertiary/aromatic N) is 1. The first-order valence-corrected chi connectivity index (χ1v) is 8.61. The first kappa shape index (κ1) is 23.9. The van der Waals surface area contributed by atoms with Crippen molar-refractivity contribution in [3.63, 3.8) is 0 Å². The van der Waals surface area contributed by atoms with Crippen LogP contribution in [0.3, 0.4) is 0 Å². The fraction of sp³-hybridized carbons (Fsp3) is 0.625. The molecule has 1 atom stereocenters. The summed E-state index contributed by atoms with van der Waals surface area (Å²) in [6, 6.07) is 7.21. The molecule has 0 amide bonds. The second kappa shape index (κ2) is 11.5. The Morgan fingerprint density at radius 3 is 2.21 bits per heavy atom. The molecule has 0 bridgehead atoms. The van der Waals surface area contributed by atoms with E-state index in [1.165, 1.54) is 0 Å². The van der Waals surface area contributed by atoms with Crippen molar-refractivity contribution in [1.82, 2.24) is 10.2 Å². The van der Waals surface area contributed by atoms with Gasteiger partial charge >= 0.3 is 5.51 Å². The van der Waals surface area contributed by atoms with Gasteiger partial charge in [0, 0.05) is 37.1 Å². The van der Waals surface area contributed by atoms with Crippen molar-refractivity contribution in [1.29, 1.82) is 0 Å². The van der Waals surface area contributed by atoms with Crippen LogP contribution in [0.15, 0.2) is 29.2 Å². The van der Waals surface area contributed by atoms with Crippen molar-refractivity contribution < 1.29 is 13.2 Å². The molecule has 1 heterocycles. The molecule has 1 saturated heterocycles. The molecule has 0 aliphatic carbocycles. The SMILES string of the molecule is CCCC[C@H](c1ccc(SC(F)(F)F)cc1)N1CCNCC1.Cl.Cl. The molecule has 2 nitrogen and oxygen atoms in total. The largest absolute Gasteiger partial charge is 0.446 e. The van der Waals surface area contributed by atoms with Crippen molar-refractivity contribution in [2.75, 3.05) is 26.2 Å². The average molecular weight is 405 g/mol. The highest BCUT2D eigenvalue weighted by atomic mass is 35.5. The van der Waals surface area contributed by atoms with Gasteiger partial charge in [0.2, 0.25) is 0 Å². The van der Waals surface area contributed by atoms with E-state index in [2.05, 4.69) is 17.1 Å². The maximum Gasteiger partial charge on any atom is 0.446 e. The maximum atomic E-state index is 12.4. The number of halogens is 5. The molecule has 0 unspecified atom stereocenters. The lowest BCUT2D eigenvalue weighted by Crippen LogP contribution is -2.45. The minimum absolute atomic E-state index is 0. The fourth-order valence-electron chi connectivity index (χ4n) is 2.84. The number of nitrogens with one attached hydrogen (secondary N) is 1. The van der Waals surface area contributed by atoms with E-state index in [0.717, 1.165) is 51.0 Å². The van der Waals surface area contributed by atoms with Gasteiger partial charge in [0.05, 0.1) is 0 Å². The summed E-state index contributed by atoms with van der Waals surface area (Å²) in [5, 5.41) is 3.34. The predicted molar refractivity (Wildman–Crippen MR) is 99.6 cm³/mol. The first-order chi connectivity index (χ1) is 10.5. The van der Waals surface area contributed by atoms with E-state index in [1.807, 2.05) is 12.1 Å². The van der Waals surface area contributed by atoms with E-state index in [1.54, 1.807) is 12.1 Å². The first-order valence-electron chi connectivity index (χ1n) is 7.80. The number of alkyl halides is 3. The maximum absolute atomic E-state index is 12.4. The number of benzene rings is 1. The highest BCUT2D eigenvalue weighted by Gasteiger charge is 2.29. The predicted octanol–water partition coefficient (Wildman–Crippen LogP) is 5.28. The number of unbranched alkanes of at least 4 members (excludes halogenated alkanes) is 1. The van der Waals surface area contributed by atoms with E-state index in [4.69, 9.17) is 0 Å². The van der Waals surface area contributed by atoms with Gasteiger partial charge in [-0.05, 0) is 35.9 Å². The monoisotopic (exact) mass is 404 g/mol. The zero-order chi connectivity index (χ0) is 16.0. The third-order valence-corrected chi connectivity index (χ3v) is 4.66. The van der Waals surface area contributed by atoms with Gasteiger partial charge in [0.15, 0.2) is 0 Å². The van der Waals surface area contributed by atoms with Gasteiger partial charge in [0.25, 0.3) is 0 Å². The lowest BCUT2D eigenvalue weighted by molar-refractivity contribution is -0.0328. The Morgan fingerprint density at radius 2 is 1.71 bits per heavy atom. The lowest BCUT2D eigenvalue weighted by atomic mass is 9.99. The number of hydrogen-bond donors (Lipinski definition) is 1. The van der Waals surface area contributed by atoms with Gasteiger partial charge < -0.3 is 5.32 Å². The number of rotatable bonds is 6. The summed E-state index contributed by atoms with van der Waals surface area (Å²) >= 11 is -0.0490. The quantitative estimate of drug-likeness (QED) is 0.649. The van der Waals surface area contributed by atoms with Crippen LogP contribution in [0.4, 0.5) is 13.2 Å². The van der Waals surface area contributed by atoms with Crippen molar-refractivity contribution in [3.8, 4) is 0 Å². The molecule has 0 spiro atoms. The van der Waals surface area contributed by atoms with Crippen molar-refractivity contribution in [2.24, 2.45) is 0 Å². The molecule has 0 aromatic heterocycles. The number of piperazine rings is 1. The van der Waals surface area contributed by atoms with E-state index < -0.39 is 5.51 Å². The average Bonchev–Trinajstić information content (AvgIpc) is 2.49. The third-order valence-electron chi connectivity index (χ3n) is 3.92. The molecule has 24 heavy (non-hydrogen) atoms. The van der Waals surface area contributed by atoms with Crippen LogP contribution >= 0.6 is 36.6 Å². The van der Waals surface area contributed by atoms with Gasteiger partial charge in [-0.3, -0.25) is 4.90 Å². The molecule has 1 aromatic carbocycles. The summed E-state index contributed by atoms with van der Waals surface area (Å²) in [5.41, 5.74) is -3.09. The number of thioether (sulfide) groups is 1. The topological polar surface area (TPSA) is 15.3 Å². The molecule has 1 aliphatic heterocycles. The Kier molecular flexibility index (Phi) is 11.4. The molecule has 1 fully saturated rings. The van der Waals surface area contributed by atoms with E-state index >= 15 is 0 Å². The molecule has 2 rings (SSSR count). The van der Waals surface area contributed by atoms with E-state index in [0.29, 0.717) is 6.04 Å². The van der Waals surface area contributed by atoms with Crippen LogP contribution in [0, 0.1) is 0 Å². The Bertz CT molecular complexity index is 452. The lowest BCUT2D eigenvalue weighted by Gasteiger charge is -2.35. The van der Waals surface area contributed by atoms with Crippen LogP contribution in [0.2, 0.25) is 0 Å². The molecule has 1 aliphatic rings. The van der Waals surface area contributed by atoms with Crippen molar-refractivity contribution in [2.45, 2.75) is 42.6 Å². The summed E-state index contributed by atoms with van der Waals surface area (Å²) in [6.45, 7) is 6.11. The third kappa shape index (κ3) is 7.83. The molecule has 140 valence electrons. The zero-order valence-corrected chi connectivity index (χ0v) is 16.1. The van der Waals surface area contributed by atoms with Crippen LogP contribution in [0.1, 0.15) is 37.8 Å². The van der Waals surface area contributed by atoms with Crippen LogP contribution in [-0.2, 0) is 0 Å². The normalized spacial score (nSPS) is 16.8. The highest BCUT2D eigenvalue weighted by molar-refractivity contribution is 8.00. The summed E-state index contributed by atoms with van der Waals surface area (Å²) in [4.78, 5) is 2.70. The van der Waals surface area contributed by atoms with Crippen molar-refractivity contribution in [3.05, 3.63) is 29.8 Å². The molecular formula is C16H25Cl2F3N2S. The summed E-state index contributed by atoms with van der Waals surface area (Å²) in [6.07, 6.45) is 3.32. The van der Waals surface area contributed by atoms with Crippen LogP contribution in [0.25, 0.3) is 0 Å². The van der Waals surface area contributed by atoms with Crippen LogP contribution in [0.5, 0.6) is 0 Å². The number of hydrogen-bond acceptors (Lipinski definition) is 3. The van der Waals surface area contributed by atoms with Crippen LogP contribution in [-0.4, -0.2) is 36.6 Å². The van der Waals surface area contributed by atoms with E-state index in [9.17, 15) is 13.2 Å². The van der Waals surface area contributed by atoms with Crippen LogP contribution < -0.4 is 5.32 Å². The Labute approximate surface area is 158 Å². The molecule has 0 saturated carbocycles. The second-order valence-corrected chi connectivity index (χ2v) is 6.70. The van der Waals surface area contributed by atoms with Gasteiger partial charge in [0.1, 0.15) is 0 Å². The molecular weight excluding hydrogens is 380 g/mol. The fourth-order valence-corrected chi connectivity index (χ4v) is 3.38. The molecule has 8 heteroatoms. The van der Waals surface area contributed by atoms with Gasteiger partial charge in [-0.15, -0.1) is 24.8 Å². The van der Waals surface area contributed by atoms with Gasteiger partial charge in [-0.25, -0.2) is 0 Å². The minimum Gasteiger partial charge on any atom is -0.314 e.